The number of carbonyl (C=O) groups excluding carboxylic acids is 1. The molecule has 1 heterocycles. The standard InChI is InChI=1S/C18H31N3O3/c1-13(20(17(23)24)12-18(2,3)4)15-10-16(22)21(19-15)11-14-8-6-5-7-9-14/h13-14H,5-12H2,1-4H3,(H,23,24). The van der Waals surface area contributed by atoms with E-state index in [1.807, 2.05) is 27.7 Å². The predicted molar refractivity (Wildman–Crippen MR) is 94.0 cm³/mol. The van der Waals surface area contributed by atoms with E-state index in [0.29, 0.717) is 24.7 Å². The van der Waals surface area contributed by atoms with Crippen LogP contribution in [0.25, 0.3) is 0 Å². The molecular formula is C18H31N3O3. The van der Waals surface area contributed by atoms with Gasteiger partial charge in [0.1, 0.15) is 0 Å². The Hall–Kier alpha value is -1.59. The average Bonchev–Trinajstić information content (AvgIpc) is 2.85. The van der Waals surface area contributed by atoms with Crippen molar-refractivity contribution in [2.24, 2.45) is 16.4 Å². The lowest BCUT2D eigenvalue weighted by molar-refractivity contribution is -0.129. The fourth-order valence-corrected chi connectivity index (χ4v) is 3.54. The van der Waals surface area contributed by atoms with Crippen LogP contribution in [0.4, 0.5) is 4.79 Å². The second-order valence-corrected chi connectivity index (χ2v) is 8.40. The monoisotopic (exact) mass is 337 g/mol. The number of rotatable bonds is 5. The lowest BCUT2D eigenvalue weighted by atomic mass is 9.89. The third kappa shape index (κ3) is 4.95. The zero-order chi connectivity index (χ0) is 17.9. The first-order valence-electron chi connectivity index (χ1n) is 9.04. The Morgan fingerprint density at radius 3 is 2.50 bits per heavy atom. The molecule has 1 N–H and O–H groups in total. The SMILES string of the molecule is CC(C1=NN(CC2CCCCC2)C(=O)C1)N(CC(C)(C)C)C(=O)O. The van der Waals surface area contributed by atoms with Crippen molar-refractivity contribution in [2.45, 2.75) is 72.3 Å². The Balaban J connectivity index is 2.04. The van der Waals surface area contributed by atoms with Gasteiger partial charge in [-0.3, -0.25) is 9.69 Å². The lowest BCUT2D eigenvalue weighted by Gasteiger charge is -2.32. The molecule has 2 aliphatic rings. The highest BCUT2D eigenvalue weighted by Crippen LogP contribution is 2.27. The Labute approximate surface area is 144 Å². The second-order valence-electron chi connectivity index (χ2n) is 8.40. The van der Waals surface area contributed by atoms with Crippen LogP contribution in [0.1, 0.15) is 66.2 Å². The summed E-state index contributed by atoms with van der Waals surface area (Å²) in [4.78, 5) is 25.3. The quantitative estimate of drug-likeness (QED) is 0.833. The number of hydrogen-bond acceptors (Lipinski definition) is 3. The van der Waals surface area contributed by atoms with Gasteiger partial charge in [-0.2, -0.15) is 5.10 Å². The van der Waals surface area contributed by atoms with Crippen LogP contribution in [-0.4, -0.2) is 51.9 Å². The van der Waals surface area contributed by atoms with Crippen molar-refractivity contribution in [3.63, 3.8) is 0 Å². The Morgan fingerprint density at radius 1 is 1.33 bits per heavy atom. The molecule has 1 atom stereocenters. The van der Waals surface area contributed by atoms with Gasteiger partial charge >= 0.3 is 6.09 Å². The van der Waals surface area contributed by atoms with Gasteiger partial charge in [0, 0.05) is 13.1 Å². The minimum atomic E-state index is -0.960. The highest BCUT2D eigenvalue weighted by Gasteiger charge is 2.34. The van der Waals surface area contributed by atoms with Crippen LogP contribution in [0.3, 0.4) is 0 Å². The van der Waals surface area contributed by atoms with Crippen LogP contribution >= 0.6 is 0 Å². The van der Waals surface area contributed by atoms with Gasteiger partial charge in [0.25, 0.3) is 0 Å². The van der Waals surface area contributed by atoms with E-state index in [0.717, 1.165) is 12.8 Å². The summed E-state index contributed by atoms with van der Waals surface area (Å²) < 4.78 is 0. The molecule has 136 valence electrons. The molecular weight excluding hydrogens is 306 g/mol. The van der Waals surface area contributed by atoms with Gasteiger partial charge in [-0.1, -0.05) is 40.0 Å². The first-order chi connectivity index (χ1) is 11.2. The molecule has 1 saturated carbocycles. The maximum absolute atomic E-state index is 12.3. The van der Waals surface area contributed by atoms with Crippen molar-refractivity contribution in [1.29, 1.82) is 0 Å². The van der Waals surface area contributed by atoms with Crippen molar-refractivity contribution < 1.29 is 14.7 Å². The Morgan fingerprint density at radius 2 is 1.96 bits per heavy atom. The summed E-state index contributed by atoms with van der Waals surface area (Å²) in [7, 11) is 0. The first kappa shape index (κ1) is 18.7. The number of carbonyl (C=O) groups is 2. The molecule has 0 radical (unpaired) electrons. The summed E-state index contributed by atoms with van der Waals surface area (Å²) >= 11 is 0. The molecule has 2 rings (SSSR count). The molecule has 0 saturated heterocycles. The van der Waals surface area contributed by atoms with Gasteiger partial charge in [-0.05, 0) is 31.1 Å². The molecule has 6 nitrogen and oxygen atoms in total. The molecule has 0 bridgehead atoms. The van der Waals surface area contributed by atoms with E-state index in [-0.39, 0.29) is 23.8 Å². The summed E-state index contributed by atoms with van der Waals surface area (Å²) in [5, 5.41) is 15.6. The van der Waals surface area contributed by atoms with Crippen LogP contribution in [0, 0.1) is 11.3 Å². The lowest BCUT2D eigenvalue weighted by Crippen LogP contribution is -2.46. The summed E-state index contributed by atoms with van der Waals surface area (Å²) in [6.45, 7) is 8.95. The van der Waals surface area contributed by atoms with E-state index >= 15 is 0 Å². The van der Waals surface area contributed by atoms with Crippen molar-refractivity contribution in [2.75, 3.05) is 13.1 Å². The molecule has 0 aromatic carbocycles. The fourth-order valence-electron chi connectivity index (χ4n) is 3.54. The number of nitrogens with zero attached hydrogens (tertiary/aromatic N) is 3. The third-order valence-electron chi connectivity index (χ3n) is 4.87. The van der Waals surface area contributed by atoms with Crippen LogP contribution in [0.5, 0.6) is 0 Å². The molecule has 1 fully saturated rings. The van der Waals surface area contributed by atoms with Crippen molar-refractivity contribution >= 4 is 17.7 Å². The molecule has 0 aromatic heterocycles. The minimum Gasteiger partial charge on any atom is -0.465 e. The van der Waals surface area contributed by atoms with E-state index in [1.54, 1.807) is 5.01 Å². The van der Waals surface area contributed by atoms with E-state index in [1.165, 1.54) is 24.2 Å². The van der Waals surface area contributed by atoms with Crippen LogP contribution in [-0.2, 0) is 4.79 Å². The Kier molecular flexibility index (Phi) is 5.88. The van der Waals surface area contributed by atoms with Gasteiger partial charge in [0.15, 0.2) is 0 Å². The van der Waals surface area contributed by atoms with Gasteiger partial charge in [-0.15, -0.1) is 0 Å². The van der Waals surface area contributed by atoms with Gasteiger partial charge < -0.3 is 5.11 Å². The highest BCUT2D eigenvalue weighted by molar-refractivity contribution is 6.08. The molecule has 1 unspecified atom stereocenters. The maximum atomic E-state index is 12.3. The smallest absolute Gasteiger partial charge is 0.407 e. The Bertz CT molecular complexity index is 504. The molecule has 1 aliphatic heterocycles. The number of amides is 2. The summed E-state index contributed by atoms with van der Waals surface area (Å²) in [6, 6.07) is -0.373. The predicted octanol–water partition coefficient (Wildman–Crippen LogP) is 3.57. The fraction of sp³-hybridized carbons (Fsp3) is 0.833. The molecule has 0 spiro atoms. The van der Waals surface area contributed by atoms with E-state index in [4.69, 9.17) is 0 Å². The minimum absolute atomic E-state index is 0.00326. The molecule has 1 aliphatic carbocycles. The number of hydrazone groups is 1. The largest absolute Gasteiger partial charge is 0.465 e. The van der Waals surface area contributed by atoms with E-state index < -0.39 is 6.09 Å². The van der Waals surface area contributed by atoms with Crippen LogP contribution < -0.4 is 0 Å². The molecule has 6 heteroatoms. The zero-order valence-electron chi connectivity index (χ0n) is 15.4. The zero-order valence-corrected chi connectivity index (χ0v) is 15.4. The first-order valence-corrected chi connectivity index (χ1v) is 9.04. The summed E-state index contributed by atoms with van der Waals surface area (Å²) in [6.07, 6.45) is 5.36. The highest BCUT2D eigenvalue weighted by atomic mass is 16.4. The normalized spacial score (nSPS) is 20.9. The average molecular weight is 337 g/mol. The third-order valence-corrected chi connectivity index (χ3v) is 4.87. The van der Waals surface area contributed by atoms with Crippen molar-refractivity contribution in [3.05, 3.63) is 0 Å². The topological polar surface area (TPSA) is 73.2 Å². The number of hydrogen-bond donors (Lipinski definition) is 1. The van der Waals surface area contributed by atoms with Crippen LogP contribution in [0.2, 0.25) is 0 Å². The van der Waals surface area contributed by atoms with Crippen LogP contribution in [0.15, 0.2) is 5.10 Å². The van der Waals surface area contributed by atoms with Gasteiger partial charge in [0.05, 0.1) is 18.2 Å². The van der Waals surface area contributed by atoms with Gasteiger partial charge in [0.2, 0.25) is 5.91 Å². The molecule has 0 aromatic rings. The maximum Gasteiger partial charge on any atom is 0.407 e. The van der Waals surface area contributed by atoms with Crippen molar-refractivity contribution in [1.82, 2.24) is 9.91 Å². The summed E-state index contributed by atoms with van der Waals surface area (Å²) in [5.41, 5.74) is 0.528. The van der Waals surface area contributed by atoms with E-state index in [9.17, 15) is 14.7 Å². The second kappa shape index (κ2) is 7.53. The molecule has 2 amide bonds. The van der Waals surface area contributed by atoms with E-state index in [2.05, 4.69) is 5.10 Å². The summed E-state index contributed by atoms with van der Waals surface area (Å²) in [5.74, 6) is 0.537. The van der Waals surface area contributed by atoms with Gasteiger partial charge in [-0.25, -0.2) is 9.80 Å². The molecule has 24 heavy (non-hydrogen) atoms. The van der Waals surface area contributed by atoms with Crippen molar-refractivity contribution in [3.8, 4) is 0 Å². The number of carboxylic acid groups (broad SMARTS) is 1.